The quantitative estimate of drug-likeness (QED) is 0.235. The van der Waals surface area contributed by atoms with Gasteiger partial charge in [-0.05, 0) is 94.0 Å². The van der Waals surface area contributed by atoms with E-state index in [0.717, 1.165) is 6.61 Å². The number of hydrogen-bond donors (Lipinski definition) is 1. The van der Waals surface area contributed by atoms with Gasteiger partial charge in [-0.15, -0.1) is 0 Å². The Kier molecular flexibility index (Phi) is 17.4. The molecule has 0 aliphatic rings. The molecule has 0 bridgehead atoms. The van der Waals surface area contributed by atoms with E-state index in [2.05, 4.69) is 151 Å². The first-order valence-electron chi connectivity index (χ1n) is 14.0. The summed E-state index contributed by atoms with van der Waals surface area (Å²) in [6.45, 7) is 23.1. The molecule has 0 unspecified atom stereocenters. The van der Waals surface area contributed by atoms with Crippen LogP contribution < -0.4 is 0 Å². The molecule has 38 heavy (non-hydrogen) atoms. The zero-order valence-electron chi connectivity index (χ0n) is 25.8. The van der Waals surface area contributed by atoms with Crippen molar-refractivity contribution in [3.63, 3.8) is 0 Å². The number of thiol groups is 1. The minimum Gasteiger partial charge on any atom is -0.374 e. The third-order valence-electron chi connectivity index (χ3n) is 6.13. The van der Waals surface area contributed by atoms with Gasteiger partial charge in [0.15, 0.2) is 0 Å². The molecular weight excluding hydrogens is 480 g/mol. The maximum atomic E-state index is 5.52. The Balaban J connectivity index is 0.000000827. The lowest BCUT2D eigenvalue weighted by Gasteiger charge is -2.37. The van der Waals surface area contributed by atoms with Gasteiger partial charge in [0.2, 0.25) is 0 Å². The predicted octanol–water partition coefficient (Wildman–Crippen LogP) is 11.6. The highest BCUT2D eigenvalue weighted by molar-refractivity contribution is 7.81. The smallest absolute Gasteiger partial charge is 0.0764 e. The molecule has 3 aromatic rings. The molecule has 0 atom stereocenters. The molecule has 0 spiro atoms. The van der Waals surface area contributed by atoms with Crippen molar-refractivity contribution in [2.24, 2.45) is 0 Å². The van der Waals surface area contributed by atoms with E-state index in [1.54, 1.807) is 0 Å². The van der Waals surface area contributed by atoms with Crippen LogP contribution in [0.4, 0.5) is 0 Å². The van der Waals surface area contributed by atoms with Crippen molar-refractivity contribution in [1.29, 1.82) is 0 Å². The fourth-order valence-electron chi connectivity index (χ4n) is 3.46. The fraction of sp³-hybridized carbons (Fsp3) is 0.389. The number of benzene rings is 3. The van der Waals surface area contributed by atoms with Gasteiger partial charge in [-0.3, -0.25) is 0 Å². The molecule has 0 aliphatic carbocycles. The summed E-state index contributed by atoms with van der Waals surface area (Å²) < 4.78 is 5.44. The Morgan fingerprint density at radius 2 is 1.18 bits per heavy atom. The number of ether oxygens (including phenoxy) is 1. The average Bonchev–Trinajstić information content (AvgIpc) is 2.94. The average molecular weight is 533 g/mol. The molecule has 0 saturated carbocycles. The molecule has 0 saturated heterocycles. The van der Waals surface area contributed by atoms with Crippen molar-refractivity contribution in [3.8, 4) is 22.3 Å². The molecule has 1 nitrogen and oxygen atoms in total. The van der Waals surface area contributed by atoms with Crippen LogP contribution in [0, 0.1) is 0 Å². The van der Waals surface area contributed by atoms with Crippen molar-refractivity contribution < 1.29 is 4.74 Å². The zero-order chi connectivity index (χ0) is 29.2. The van der Waals surface area contributed by atoms with Gasteiger partial charge in [0.05, 0.1) is 5.60 Å². The van der Waals surface area contributed by atoms with Gasteiger partial charge in [-0.2, -0.15) is 12.6 Å². The monoisotopic (exact) mass is 532 g/mol. The maximum absolute atomic E-state index is 5.52. The van der Waals surface area contributed by atoms with Crippen LogP contribution in [0.15, 0.2) is 97.1 Å². The van der Waals surface area contributed by atoms with Crippen molar-refractivity contribution in [3.05, 3.63) is 103 Å². The lowest BCUT2D eigenvalue weighted by Crippen LogP contribution is -2.43. The molecule has 208 valence electrons. The SMILES string of the molecule is C/C=C\C(=C/C)c1cccc(-c2cccc(-c3ccccc3)c2)c1.CC.CC.CCOC(C)(C)C(C)(C)S. The van der Waals surface area contributed by atoms with E-state index in [1.165, 1.54) is 33.4 Å². The Morgan fingerprint density at radius 3 is 1.63 bits per heavy atom. The summed E-state index contributed by atoms with van der Waals surface area (Å²) in [5.74, 6) is 0. The molecule has 0 fully saturated rings. The molecule has 0 aromatic heterocycles. The Labute approximate surface area is 240 Å². The van der Waals surface area contributed by atoms with Gasteiger partial charge < -0.3 is 4.74 Å². The summed E-state index contributed by atoms with van der Waals surface area (Å²) in [6.07, 6.45) is 6.39. The van der Waals surface area contributed by atoms with Crippen LogP contribution in [0.25, 0.3) is 27.8 Å². The third-order valence-corrected chi connectivity index (χ3v) is 6.67. The van der Waals surface area contributed by atoms with Crippen LogP contribution in [-0.4, -0.2) is 17.0 Å². The van der Waals surface area contributed by atoms with Gasteiger partial charge in [0.1, 0.15) is 0 Å². The first-order chi connectivity index (χ1) is 18.1. The molecule has 0 aliphatic heterocycles. The molecule has 3 rings (SSSR count). The fourth-order valence-corrected chi connectivity index (χ4v) is 3.53. The summed E-state index contributed by atoms with van der Waals surface area (Å²) in [7, 11) is 0. The normalized spacial score (nSPS) is 11.4. The highest BCUT2D eigenvalue weighted by Crippen LogP contribution is 2.31. The van der Waals surface area contributed by atoms with E-state index in [1.807, 2.05) is 34.6 Å². The summed E-state index contributed by atoms with van der Waals surface area (Å²) in [6, 6.07) is 28.0. The van der Waals surface area contributed by atoms with Crippen molar-refractivity contribution in [2.75, 3.05) is 6.61 Å². The first kappa shape index (κ1) is 35.5. The van der Waals surface area contributed by atoms with E-state index < -0.39 is 0 Å². The lowest BCUT2D eigenvalue weighted by molar-refractivity contribution is -0.0308. The van der Waals surface area contributed by atoms with E-state index in [-0.39, 0.29) is 10.3 Å². The van der Waals surface area contributed by atoms with E-state index in [4.69, 9.17) is 4.74 Å². The summed E-state index contributed by atoms with van der Waals surface area (Å²) >= 11 is 4.44. The minimum absolute atomic E-state index is 0.0803. The molecular formula is C36H52OS. The van der Waals surface area contributed by atoms with Crippen molar-refractivity contribution in [1.82, 2.24) is 0 Å². The standard InChI is InChI=1S/C24H22.C8H18OS.2C2H6/c1-3-10-19(4-2)21-13-8-15-23(17-21)24-16-9-14-22(18-24)20-11-6-5-7-12-20;1-6-9-7(2,3)8(4,5)10;2*1-2/h3-18H,1-2H3;10H,6H2,1-5H3;2*1-2H3/b10-3-,19-4+;;;. The third kappa shape index (κ3) is 11.5. The van der Waals surface area contributed by atoms with Crippen LogP contribution in [0.3, 0.4) is 0 Å². The van der Waals surface area contributed by atoms with E-state index in [0.29, 0.717) is 0 Å². The van der Waals surface area contributed by atoms with Gasteiger partial charge >= 0.3 is 0 Å². The summed E-state index contributed by atoms with van der Waals surface area (Å²) in [5, 5.41) is 0. The van der Waals surface area contributed by atoms with Crippen molar-refractivity contribution >= 4 is 18.2 Å². The van der Waals surface area contributed by atoms with Crippen molar-refractivity contribution in [2.45, 2.75) is 86.5 Å². The Morgan fingerprint density at radius 1 is 0.711 bits per heavy atom. The van der Waals surface area contributed by atoms with Crippen LogP contribution in [0.1, 0.15) is 81.7 Å². The van der Waals surface area contributed by atoms with Gasteiger partial charge in [-0.25, -0.2) is 0 Å². The van der Waals surface area contributed by atoms with Crippen LogP contribution in [0.5, 0.6) is 0 Å². The molecule has 0 radical (unpaired) electrons. The second-order valence-corrected chi connectivity index (χ2v) is 10.4. The van der Waals surface area contributed by atoms with Gasteiger partial charge in [0.25, 0.3) is 0 Å². The molecule has 0 heterocycles. The molecule has 0 amide bonds. The summed E-state index contributed by atoms with van der Waals surface area (Å²) in [5.41, 5.74) is 7.34. The Bertz CT molecular complexity index is 1090. The van der Waals surface area contributed by atoms with Gasteiger partial charge in [-0.1, -0.05) is 113 Å². The first-order valence-corrected chi connectivity index (χ1v) is 14.5. The highest BCUT2D eigenvalue weighted by atomic mass is 32.1. The Hall–Kier alpha value is -2.55. The minimum atomic E-state index is -0.148. The van der Waals surface area contributed by atoms with E-state index >= 15 is 0 Å². The molecule has 2 heteroatoms. The predicted molar refractivity (Wildman–Crippen MR) is 177 cm³/mol. The largest absolute Gasteiger partial charge is 0.374 e. The second-order valence-electron chi connectivity index (χ2n) is 9.27. The van der Waals surface area contributed by atoms with Crippen LogP contribution in [0.2, 0.25) is 0 Å². The van der Waals surface area contributed by atoms with Crippen LogP contribution in [-0.2, 0) is 4.74 Å². The number of allylic oxidation sites excluding steroid dienone is 4. The van der Waals surface area contributed by atoms with Crippen LogP contribution >= 0.6 is 12.6 Å². The summed E-state index contributed by atoms with van der Waals surface area (Å²) in [4.78, 5) is 0. The number of rotatable bonds is 7. The molecule has 0 N–H and O–H groups in total. The van der Waals surface area contributed by atoms with Gasteiger partial charge in [0, 0.05) is 11.4 Å². The molecule has 3 aromatic carbocycles. The second kappa shape index (κ2) is 18.7. The zero-order valence-corrected chi connectivity index (χ0v) is 26.7. The lowest BCUT2D eigenvalue weighted by atomic mass is 9.93. The van der Waals surface area contributed by atoms with E-state index in [9.17, 15) is 0 Å². The topological polar surface area (TPSA) is 9.23 Å². The number of hydrogen-bond acceptors (Lipinski definition) is 2. The highest BCUT2D eigenvalue weighted by Gasteiger charge is 2.34. The maximum Gasteiger partial charge on any atom is 0.0764 e.